The van der Waals surface area contributed by atoms with Crippen LogP contribution in [0.4, 0.5) is 0 Å². The summed E-state index contributed by atoms with van der Waals surface area (Å²) in [6, 6.07) is 0. The van der Waals surface area contributed by atoms with E-state index in [0.29, 0.717) is 11.4 Å². The van der Waals surface area contributed by atoms with Crippen LogP contribution < -0.4 is 5.56 Å². The Balaban J connectivity index is 2.19. The number of rotatable bonds is 1. The molecule has 1 aliphatic carbocycles. The molecule has 1 fully saturated rings. The van der Waals surface area contributed by atoms with Crippen LogP contribution in [0.5, 0.6) is 0 Å². The molecule has 5 nitrogen and oxygen atoms in total. The van der Waals surface area contributed by atoms with Crippen molar-refractivity contribution in [1.29, 1.82) is 0 Å². The molecule has 0 spiro atoms. The monoisotopic (exact) mass is 204 g/mol. The van der Waals surface area contributed by atoms with Gasteiger partial charge in [-0.15, -0.1) is 0 Å². The molecule has 0 bridgehead atoms. The van der Waals surface area contributed by atoms with Crippen LogP contribution in [-0.4, -0.2) is 19.6 Å². The Morgan fingerprint density at radius 1 is 1.40 bits per heavy atom. The van der Waals surface area contributed by atoms with Crippen molar-refractivity contribution in [3.63, 3.8) is 0 Å². The highest BCUT2D eigenvalue weighted by molar-refractivity contribution is 5.42. The predicted octanol–water partition coefficient (Wildman–Crippen LogP) is 1.08. The fraction of sp³-hybridized carbons (Fsp3) is 0.500. The van der Waals surface area contributed by atoms with Crippen molar-refractivity contribution in [2.75, 3.05) is 0 Å². The number of imidazole rings is 1. The molecule has 1 saturated carbocycles. The molecular weight excluding hydrogens is 192 g/mol. The van der Waals surface area contributed by atoms with Gasteiger partial charge in [-0.3, -0.25) is 4.79 Å². The number of aromatic amines is 1. The number of aromatic nitrogens is 4. The molecule has 78 valence electrons. The summed E-state index contributed by atoms with van der Waals surface area (Å²) < 4.78 is 1.68. The standard InChI is InChI=1S/C10H12N4O/c15-10-8-5-11-9(7-3-1-2-4-7)14(8)13-6-12-10/h5-7H,1-4H2,(H,12,13,15). The zero-order valence-electron chi connectivity index (χ0n) is 8.31. The Labute approximate surface area is 86.2 Å². The van der Waals surface area contributed by atoms with Crippen LogP contribution in [0.2, 0.25) is 0 Å². The number of nitrogens with zero attached hydrogens (tertiary/aromatic N) is 3. The van der Waals surface area contributed by atoms with Gasteiger partial charge in [-0.2, -0.15) is 5.10 Å². The lowest BCUT2D eigenvalue weighted by atomic mass is 10.1. The number of nitrogens with one attached hydrogen (secondary N) is 1. The van der Waals surface area contributed by atoms with Gasteiger partial charge >= 0.3 is 0 Å². The van der Waals surface area contributed by atoms with Gasteiger partial charge in [-0.25, -0.2) is 9.50 Å². The van der Waals surface area contributed by atoms with Gasteiger partial charge in [-0.05, 0) is 12.8 Å². The summed E-state index contributed by atoms with van der Waals surface area (Å²) in [5.41, 5.74) is 0.418. The highest BCUT2D eigenvalue weighted by atomic mass is 16.1. The largest absolute Gasteiger partial charge is 0.310 e. The topological polar surface area (TPSA) is 63.0 Å². The Kier molecular flexibility index (Phi) is 1.83. The Morgan fingerprint density at radius 2 is 2.20 bits per heavy atom. The van der Waals surface area contributed by atoms with Crippen LogP contribution in [0.3, 0.4) is 0 Å². The number of fused-ring (bicyclic) bond motifs is 1. The van der Waals surface area contributed by atoms with Crippen molar-refractivity contribution in [3.8, 4) is 0 Å². The Bertz CT molecular complexity index is 536. The molecule has 0 aromatic carbocycles. The van der Waals surface area contributed by atoms with E-state index < -0.39 is 0 Å². The van der Waals surface area contributed by atoms with E-state index in [1.807, 2.05) is 0 Å². The first-order valence-electron chi connectivity index (χ1n) is 5.27. The molecule has 2 heterocycles. The third kappa shape index (κ3) is 1.26. The first-order valence-corrected chi connectivity index (χ1v) is 5.27. The van der Waals surface area contributed by atoms with E-state index in [-0.39, 0.29) is 5.56 Å². The van der Waals surface area contributed by atoms with Crippen molar-refractivity contribution in [3.05, 3.63) is 28.7 Å². The summed E-state index contributed by atoms with van der Waals surface area (Å²) in [7, 11) is 0. The van der Waals surface area contributed by atoms with Crippen molar-refractivity contribution in [2.45, 2.75) is 31.6 Å². The number of H-pyrrole nitrogens is 1. The molecular formula is C10H12N4O. The molecule has 0 unspecified atom stereocenters. The minimum atomic E-state index is -0.123. The maximum Gasteiger partial charge on any atom is 0.276 e. The predicted molar refractivity (Wildman–Crippen MR) is 54.8 cm³/mol. The Morgan fingerprint density at radius 3 is 3.00 bits per heavy atom. The average Bonchev–Trinajstić information content (AvgIpc) is 2.85. The summed E-state index contributed by atoms with van der Waals surface area (Å²) in [5.74, 6) is 1.41. The lowest BCUT2D eigenvalue weighted by Gasteiger charge is -2.05. The zero-order valence-corrected chi connectivity index (χ0v) is 8.31. The van der Waals surface area contributed by atoms with Gasteiger partial charge in [0.05, 0.1) is 6.20 Å². The van der Waals surface area contributed by atoms with E-state index in [1.54, 1.807) is 10.7 Å². The van der Waals surface area contributed by atoms with E-state index in [4.69, 9.17) is 0 Å². The molecule has 3 rings (SSSR count). The van der Waals surface area contributed by atoms with Gasteiger partial charge in [-0.1, -0.05) is 12.8 Å². The third-order valence-electron chi connectivity index (χ3n) is 3.09. The van der Waals surface area contributed by atoms with Crippen LogP contribution in [0.1, 0.15) is 37.4 Å². The van der Waals surface area contributed by atoms with Crippen LogP contribution in [0.15, 0.2) is 17.3 Å². The van der Waals surface area contributed by atoms with E-state index in [2.05, 4.69) is 15.1 Å². The SMILES string of the molecule is O=c1[nH]cnn2c(C3CCCC3)ncc12. The molecule has 2 aromatic heterocycles. The first kappa shape index (κ1) is 8.64. The normalized spacial score (nSPS) is 17.6. The van der Waals surface area contributed by atoms with Gasteiger partial charge in [0, 0.05) is 5.92 Å². The molecule has 0 radical (unpaired) electrons. The lowest BCUT2D eigenvalue weighted by molar-refractivity contribution is 0.639. The molecule has 0 saturated heterocycles. The summed E-state index contributed by atoms with van der Waals surface area (Å²) >= 11 is 0. The molecule has 0 atom stereocenters. The van der Waals surface area contributed by atoms with Crippen molar-refractivity contribution < 1.29 is 0 Å². The number of hydrogen-bond donors (Lipinski definition) is 1. The highest BCUT2D eigenvalue weighted by Gasteiger charge is 2.22. The van der Waals surface area contributed by atoms with Gasteiger partial charge in [0.2, 0.25) is 0 Å². The van der Waals surface area contributed by atoms with Crippen LogP contribution in [0.25, 0.3) is 5.52 Å². The second-order valence-electron chi connectivity index (χ2n) is 4.01. The molecule has 1 aliphatic rings. The molecule has 0 aliphatic heterocycles. The first-order chi connectivity index (χ1) is 7.36. The summed E-state index contributed by atoms with van der Waals surface area (Å²) in [6.45, 7) is 0. The highest BCUT2D eigenvalue weighted by Crippen LogP contribution is 2.32. The maximum absolute atomic E-state index is 11.5. The molecule has 0 amide bonds. The maximum atomic E-state index is 11.5. The second kappa shape index (κ2) is 3.18. The fourth-order valence-corrected chi connectivity index (χ4v) is 2.32. The Hall–Kier alpha value is -1.65. The minimum Gasteiger partial charge on any atom is -0.310 e. The van der Waals surface area contributed by atoms with E-state index >= 15 is 0 Å². The minimum absolute atomic E-state index is 0.123. The quantitative estimate of drug-likeness (QED) is 0.755. The van der Waals surface area contributed by atoms with Gasteiger partial charge in [0.15, 0.2) is 5.52 Å². The van der Waals surface area contributed by atoms with Gasteiger partial charge in [0.1, 0.15) is 12.2 Å². The van der Waals surface area contributed by atoms with Gasteiger partial charge < -0.3 is 4.98 Å². The molecule has 2 aromatic rings. The fourth-order valence-electron chi connectivity index (χ4n) is 2.32. The second-order valence-corrected chi connectivity index (χ2v) is 4.01. The van der Waals surface area contributed by atoms with Crippen LogP contribution in [0, 0.1) is 0 Å². The van der Waals surface area contributed by atoms with Gasteiger partial charge in [0.25, 0.3) is 5.56 Å². The van der Waals surface area contributed by atoms with Crippen molar-refractivity contribution in [1.82, 2.24) is 19.6 Å². The molecule has 15 heavy (non-hydrogen) atoms. The van der Waals surface area contributed by atoms with Crippen LogP contribution in [-0.2, 0) is 0 Å². The van der Waals surface area contributed by atoms with Crippen molar-refractivity contribution >= 4 is 5.52 Å². The molecule has 1 N–H and O–H groups in total. The smallest absolute Gasteiger partial charge is 0.276 e. The van der Waals surface area contributed by atoms with E-state index in [9.17, 15) is 4.79 Å². The third-order valence-corrected chi connectivity index (χ3v) is 3.09. The van der Waals surface area contributed by atoms with Crippen molar-refractivity contribution in [2.24, 2.45) is 0 Å². The summed E-state index contributed by atoms with van der Waals surface area (Å²) in [5, 5.41) is 4.15. The molecule has 5 heteroatoms. The van der Waals surface area contributed by atoms with E-state index in [0.717, 1.165) is 18.7 Å². The number of hydrogen-bond acceptors (Lipinski definition) is 3. The van der Waals surface area contributed by atoms with E-state index in [1.165, 1.54) is 19.2 Å². The lowest BCUT2D eigenvalue weighted by Crippen LogP contribution is -2.12. The zero-order chi connectivity index (χ0) is 10.3. The van der Waals surface area contributed by atoms with Crippen LogP contribution >= 0.6 is 0 Å². The average molecular weight is 204 g/mol. The summed E-state index contributed by atoms with van der Waals surface area (Å²) in [6.07, 6.45) is 7.86. The summed E-state index contributed by atoms with van der Waals surface area (Å²) in [4.78, 5) is 18.3.